The first-order chi connectivity index (χ1) is 8.76. The Hall–Kier alpha value is -1.59. The predicted molar refractivity (Wildman–Crippen MR) is 78.2 cm³/mol. The third-order valence-corrected chi connectivity index (χ3v) is 4.13. The quantitative estimate of drug-likeness (QED) is 0.615. The van der Waals surface area contributed by atoms with Gasteiger partial charge >= 0.3 is 0 Å². The van der Waals surface area contributed by atoms with E-state index in [-0.39, 0.29) is 0 Å². The van der Waals surface area contributed by atoms with Crippen LogP contribution < -0.4 is 0 Å². The van der Waals surface area contributed by atoms with Gasteiger partial charge in [0.25, 0.3) is 0 Å². The Bertz CT molecular complexity index is 721. The molecule has 2 aromatic carbocycles. The summed E-state index contributed by atoms with van der Waals surface area (Å²) in [7, 11) is 0. The highest BCUT2D eigenvalue weighted by atomic mass is 79.9. The Morgan fingerprint density at radius 3 is 2.61 bits per heavy atom. The summed E-state index contributed by atoms with van der Waals surface area (Å²) in [4.78, 5) is 14.9. The van der Waals surface area contributed by atoms with Crippen molar-refractivity contribution in [3.8, 4) is 10.6 Å². The van der Waals surface area contributed by atoms with Crippen molar-refractivity contribution in [2.45, 2.75) is 0 Å². The van der Waals surface area contributed by atoms with Crippen LogP contribution in [0, 0.1) is 4.91 Å². The number of nitroso groups, excluding NO2 is 1. The van der Waals surface area contributed by atoms with Gasteiger partial charge in [0, 0.05) is 10.0 Å². The summed E-state index contributed by atoms with van der Waals surface area (Å²) in [5, 5.41) is 3.83. The highest BCUT2D eigenvalue weighted by Crippen LogP contribution is 2.32. The molecule has 0 radical (unpaired) electrons. The van der Waals surface area contributed by atoms with Crippen LogP contribution in [0.4, 0.5) is 5.69 Å². The highest BCUT2D eigenvalue weighted by Gasteiger charge is 2.06. The van der Waals surface area contributed by atoms with Crippen LogP contribution in [0.5, 0.6) is 0 Å². The molecular weight excluding hydrogens is 312 g/mol. The van der Waals surface area contributed by atoms with E-state index in [2.05, 4.69) is 32.2 Å². The van der Waals surface area contributed by atoms with E-state index in [1.165, 1.54) is 0 Å². The molecule has 0 atom stereocenters. The summed E-state index contributed by atoms with van der Waals surface area (Å²) in [5.41, 5.74) is 2.41. The first-order valence-electron chi connectivity index (χ1n) is 5.26. The Labute approximate surface area is 116 Å². The van der Waals surface area contributed by atoms with Crippen LogP contribution in [0.25, 0.3) is 20.8 Å². The summed E-state index contributed by atoms with van der Waals surface area (Å²) in [6.45, 7) is 0. The fraction of sp³-hybridized carbons (Fsp3) is 0. The molecule has 0 bridgehead atoms. The molecule has 3 aromatic rings. The lowest BCUT2D eigenvalue weighted by Crippen LogP contribution is -1.74. The predicted octanol–water partition coefficient (Wildman–Crippen LogP) is 5.12. The minimum Gasteiger partial charge on any atom is -0.236 e. The minimum atomic E-state index is 0.433. The van der Waals surface area contributed by atoms with Gasteiger partial charge in [0.15, 0.2) is 0 Å². The Morgan fingerprint density at radius 1 is 1.11 bits per heavy atom. The largest absolute Gasteiger partial charge is 0.236 e. The van der Waals surface area contributed by atoms with Crippen molar-refractivity contribution >= 4 is 43.2 Å². The number of aromatic nitrogens is 1. The molecule has 5 heteroatoms. The van der Waals surface area contributed by atoms with Crippen molar-refractivity contribution in [2.24, 2.45) is 5.18 Å². The second-order valence-electron chi connectivity index (χ2n) is 3.77. The van der Waals surface area contributed by atoms with Crippen LogP contribution in [-0.2, 0) is 0 Å². The fourth-order valence-corrected chi connectivity index (χ4v) is 3.21. The van der Waals surface area contributed by atoms with E-state index in [1.54, 1.807) is 23.5 Å². The fourth-order valence-electron chi connectivity index (χ4n) is 1.69. The first-order valence-corrected chi connectivity index (χ1v) is 6.87. The summed E-state index contributed by atoms with van der Waals surface area (Å²) in [6, 6.07) is 13.1. The van der Waals surface area contributed by atoms with Crippen LogP contribution in [-0.4, -0.2) is 4.98 Å². The molecule has 3 nitrogen and oxygen atoms in total. The molecular formula is C13H7BrN2OS. The monoisotopic (exact) mass is 318 g/mol. The van der Waals surface area contributed by atoms with E-state index in [0.29, 0.717) is 5.69 Å². The first kappa shape index (κ1) is 11.5. The van der Waals surface area contributed by atoms with Crippen molar-refractivity contribution in [3.63, 3.8) is 0 Å². The van der Waals surface area contributed by atoms with Gasteiger partial charge in [0.1, 0.15) is 10.7 Å². The van der Waals surface area contributed by atoms with Gasteiger partial charge in [-0.15, -0.1) is 16.2 Å². The number of fused-ring (bicyclic) bond motifs is 1. The molecule has 0 amide bonds. The lowest BCUT2D eigenvalue weighted by molar-refractivity contribution is 1.45. The van der Waals surface area contributed by atoms with Crippen LogP contribution >= 0.6 is 27.3 Å². The van der Waals surface area contributed by atoms with Crippen molar-refractivity contribution in [1.29, 1.82) is 0 Å². The summed E-state index contributed by atoms with van der Waals surface area (Å²) < 4.78 is 2.18. The van der Waals surface area contributed by atoms with Gasteiger partial charge in [-0.2, -0.15) is 0 Å². The molecule has 0 aliphatic carbocycles. The topological polar surface area (TPSA) is 42.3 Å². The number of benzene rings is 2. The van der Waals surface area contributed by atoms with Crippen molar-refractivity contribution in [3.05, 3.63) is 51.8 Å². The number of hydrogen-bond acceptors (Lipinski definition) is 4. The lowest BCUT2D eigenvalue weighted by atomic mass is 10.2. The summed E-state index contributed by atoms with van der Waals surface area (Å²) >= 11 is 5.08. The Morgan fingerprint density at radius 2 is 1.89 bits per heavy atom. The molecule has 0 aliphatic rings. The third-order valence-electron chi connectivity index (χ3n) is 2.57. The molecule has 0 N–H and O–H groups in total. The maximum atomic E-state index is 10.4. The van der Waals surface area contributed by atoms with Crippen LogP contribution in [0.15, 0.2) is 52.1 Å². The Balaban J connectivity index is 2.10. The summed E-state index contributed by atoms with van der Waals surface area (Å²) in [5.74, 6) is 0. The molecule has 0 saturated heterocycles. The lowest BCUT2D eigenvalue weighted by Gasteiger charge is -1.94. The van der Waals surface area contributed by atoms with E-state index in [1.807, 2.05) is 24.3 Å². The van der Waals surface area contributed by atoms with E-state index in [4.69, 9.17) is 0 Å². The molecule has 0 aliphatic heterocycles. The average Bonchev–Trinajstić information content (AvgIpc) is 2.81. The zero-order valence-electron chi connectivity index (χ0n) is 9.13. The smallest absolute Gasteiger partial charge is 0.124 e. The van der Waals surface area contributed by atoms with Gasteiger partial charge in [-0.1, -0.05) is 15.9 Å². The maximum absolute atomic E-state index is 10.4. The number of nitrogens with zero attached hydrogens (tertiary/aromatic N) is 2. The molecule has 18 heavy (non-hydrogen) atoms. The van der Waals surface area contributed by atoms with E-state index >= 15 is 0 Å². The number of thiazole rings is 1. The molecule has 1 aromatic heterocycles. The molecule has 0 unspecified atom stereocenters. The molecule has 1 heterocycles. The van der Waals surface area contributed by atoms with E-state index in [9.17, 15) is 4.91 Å². The number of hydrogen-bond donors (Lipinski definition) is 0. The van der Waals surface area contributed by atoms with Crippen LogP contribution in [0.2, 0.25) is 0 Å². The van der Waals surface area contributed by atoms with Gasteiger partial charge in [0.2, 0.25) is 0 Å². The Kier molecular flexibility index (Phi) is 2.93. The zero-order chi connectivity index (χ0) is 12.5. The van der Waals surface area contributed by atoms with Crippen LogP contribution in [0.1, 0.15) is 0 Å². The molecule has 0 fully saturated rings. The third kappa shape index (κ3) is 2.07. The minimum absolute atomic E-state index is 0.433. The molecule has 0 saturated carbocycles. The highest BCUT2D eigenvalue weighted by molar-refractivity contribution is 9.10. The number of rotatable bonds is 2. The van der Waals surface area contributed by atoms with Gasteiger partial charge in [-0.3, -0.25) is 0 Å². The molecule has 88 valence electrons. The summed E-state index contributed by atoms with van der Waals surface area (Å²) in [6.07, 6.45) is 0. The van der Waals surface area contributed by atoms with Crippen molar-refractivity contribution in [1.82, 2.24) is 4.98 Å². The van der Waals surface area contributed by atoms with E-state index < -0.39 is 0 Å². The second kappa shape index (κ2) is 4.59. The standard InChI is InChI=1S/C13H7BrN2OS/c14-9-3-6-11-12(7-9)18-13(15-11)8-1-4-10(16-17)5-2-8/h1-7H. The van der Waals surface area contributed by atoms with Gasteiger partial charge in [-0.05, 0) is 47.6 Å². The van der Waals surface area contributed by atoms with Gasteiger partial charge in [-0.25, -0.2) is 4.98 Å². The van der Waals surface area contributed by atoms with Crippen molar-refractivity contribution in [2.75, 3.05) is 0 Å². The molecule has 3 rings (SSSR count). The van der Waals surface area contributed by atoms with Crippen molar-refractivity contribution < 1.29 is 0 Å². The second-order valence-corrected chi connectivity index (χ2v) is 5.72. The average molecular weight is 319 g/mol. The number of halogens is 1. The van der Waals surface area contributed by atoms with Gasteiger partial charge < -0.3 is 0 Å². The molecule has 0 spiro atoms. The SMILES string of the molecule is O=Nc1ccc(-c2nc3ccc(Br)cc3s2)cc1. The van der Waals surface area contributed by atoms with Gasteiger partial charge in [0.05, 0.1) is 10.2 Å². The normalized spacial score (nSPS) is 10.7. The van der Waals surface area contributed by atoms with E-state index in [0.717, 1.165) is 25.3 Å². The van der Waals surface area contributed by atoms with Crippen LogP contribution in [0.3, 0.4) is 0 Å². The maximum Gasteiger partial charge on any atom is 0.124 e. The zero-order valence-corrected chi connectivity index (χ0v) is 11.5.